The fourth-order valence-corrected chi connectivity index (χ4v) is 2.96. The number of methoxy groups -OCH3 is 1. The van der Waals surface area contributed by atoms with Crippen molar-refractivity contribution < 1.29 is 19.4 Å². The molecule has 1 aromatic carbocycles. The summed E-state index contributed by atoms with van der Waals surface area (Å²) in [6.45, 7) is 0.353. The van der Waals surface area contributed by atoms with Crippen molar-refractivity contribution in [2.45, 2.75) is 19.3 Å². The van der Waals surface area contributed by atoms with Crippen LogP contribution in [0.15, 0.2) is 18.2 Å². The van der Waals surface area contributed by atoms with E-state index in [1.807, 2.05) is 0 Å². The highest BCUT2D eigenvalue weighted by Gasteiger charge is 2.33. The van der Waals surface area contributed by atoms with E-state index in [2.05, 4.69) is 5.32 Å². The molecule has 0 aliphatic heterocycles. The fraction of sp³-hybridized carbons (Fsp3) is 0.467. The molecular formula is C15H18ClNO4. The first-order valence-corrected chi connectivity index (χ1v) is 7.25. The number of ether oxygens (including phenoxy) is 1. The first-order chi connectivity index (χ1) is 10.0. The molecule has 2 unspecified atom stereocenters. The van der Waals surface area contributed by atoms with Crippen molar-refractivity contribution in [1.29, 1.82) is 0 Å². The van der Waals surface area contributed by atoms with E-state index in [1.165, 1.54) is 7.11 Å². The van der Waals surface area contributed by atoms with Gasteiger partial charge in [-0.2, -0.15) is 0 Å². The maximum atomic E-state index is 12.2. The second-order valence-electron chi connectivity index (χ2n) is 5.19. The molecule has 0 heterocycles. The Morgan fingerprint density at radius 3 is 2.86 bits per heavy atom. The van der Waals surface area contributed by atoms with E-state index in [0.717, 1.165) is 12.8 Å². The van der Waals surface area contributed by atoms with Crippen LogP contribution >= 0.6 is 11.6 Å². The molecule has 1 aliphatic rings. The summed E-state index contributed by atoms with van der Waals surface area (Å²) in [7, 11) is 1.48. The molecule has 0 saturated heterocycles. The van der Waals surface area contributed by atoms with E-state index in [-0.39, 0.29) is 17.7 Å². The van der Waals surface area contributed by atoms with Gasteiger partial charge in [0.25, 0.3) is 5.91 Å². The van der Waals surface area contributed by atoms with Crippen molar-refractivity contribution in [2.24, 2.45) is 11.8 Å². The zero-order valence-corrected chi connectivity index (χ0v) is 12.5. The van der Waals surface area contributed by atoms with E-state index in [9.17, 15) is 9.59 Å². The van der Waals surface area contributed by atoms with E-state index in [1.54, 1.807) is 18.2 Å². The summed E-state index contributed by atoms with van der Waals surface area (Å²) < 4.78 is 5.14. The zero-order valence-electron chi connectivity index (χ0n) is 11.8. The predicted octanol–water partition coefficient (Wildman–Crippen LogP) is 2.58. The number of carbonyl (C=O) groups is 2. The number of carboxylic acids is 1. The summed E-state index contributed by atoms with van der Waals surface area (Å²) in [6.07, 6.45) is 2.39. The number of carbonyl (C=O) groups excluding carboxylic acids is 1. The van der Waals surface area contributed by atoms with Gasteiger partial charge in [0, 0.05) is 11.6 Å². The second-order valence-corrected chi connectivity index (χ2v) is 5.63. The number of amides is 1. The molecule has 2 N–H and O–H groups in total. The van der Waals surface area contributed by atoms with Crippen LogP contribution in [0.3, 0.4) is 0 Å². The van der Waals surface area contributed by atoms with Crippen LogP contribution < -0.4 is 10.1 Å². The van der Waals surface area contributed by atoms with Crippen molar-refractivity contribution in [3.8, 4) is 5.75 Å². The molecule has 6 heteroatoms. The fourth-order valence-electron chi connectivity index (χ4n) is 2.78. The lowest BCUT2D eigenvalue weighted by Crippen LogP contribution is -2.33. The van der Waals surface area contributed by atoms with Crippen molar-refractivity contribution in [3.63, 3.8) is 0 Å². The van der Waals surface area contributed by atoms with Gasteiger partial charge < -0.3 is 15.2 Å². The van der Waals surface area contributed by atoms with E-state index in [0.29, 0.717) is 29.3 Å². The van der Waals surface area contributed by atoms with Crippen molar-refractivity contribution in [3.05, 3.63) is 28.8 Å². The van der Waals surface area contributed by atoms with Gasteiger partial charge in [-0.3, -0.25) is 9.59 Å². The standard InChI is InChI=1S/C15H18ClNO4/c1-21-13-6-5-10(16)7-12(13)14(18)17-8-9-3-2-4-11(9)15(19)20/h5-7,9,11H,2-4,8H2,1H3,(H,17,18)(H,19,20). The summed E-state index contributed by atoms with van der Waals surface area (Å²) in [5.41, 5.74) is 0.356. The Kier molecular flexibility index (Phi) is 5.07. The van der Waals surface area contributed by atoms with Crippen molar-refractivity contribution in [1.82, 2.24) is 5.32 Å². The molecule has 1 aromatic rings. The SMILES string of the molecule is COc1ccc(Cl)cc1C(=O)NCC1CCCC1C(=O)O. The van der Waals surface area contributed by atoms with Gasteiger partial charge in [-0.25, -0.2) is 0 Å². The first kappa shape index (κ1) is 15.6. The summed E-state index contributed by atoms with van der Waals surface area (Å²) in [5.74, 6) is -1.03. The van der Waals surface area contributed by atoms with Gasteiger partial charge >= 0.3 is 5.97 Å². The molecule has 21 heavy (non-hydrogen) atoms. The lowest BCUT2D eigenvalue weighted by atomic mass is 9.96. The van der Waals surface area contributed by atoms with E-state index >= 15 is 0 Å². The normalized spacial score (nSPS) is 21.0. The summed E-state index contributed by atoms with van der Waals surface area (Å²) in [6, 6.07) is 4.82. The predicted molar refractivity (Wildman–Crippen MR) is 78.8 cm³/mol. The molecule has 2 atom stereocenters. The number of hydrogen-bond donors (Lipinski definition) is 2. The maximum absolute atomic E-state index is 12.2. The molecule has 0 bridgehead atoms. The molecule has 1 aliphatic carbocycles. The highest BCUT2D eigenvalue weighted by atomic mass is 35.5. The summed E-state index contributed by atoms with van der Waals surface area (Å²) >= 11 is 5.90. The molecular weight excluding hydrogens is 294 g/mol. The lowest BCUT2D eigenvalue weighted by Gasteiger charge is -2.17. The van der Waals surface area contributed by atoms with Gasteiger partial charge in [0.05, 0.1) is 18.6 Å². The van der Waals surface area contributed by atoms with Crippen LogP contribution in [0.4, 0.5) is 0 Å². The van der Waals surface area contributed by atoms with Crippen LogP contribution in [0.25, 0.3) is 0 Å². The number of hydrogen-bond acceptors (Lipinski definition) is 3. The highest BCUT2D eigenvalue weighted by Crippen LogP contribution is 2.31. The topological polar surface area (TPSA) is 75.6 Å². The molecule has 1 amide bonds. The number of nitrogens with one attached hydrogen (secondary N) is 1. The first-order valence-electron chi connectivity index (χ1n) is 6.87. The molecule has 1 saturated carbocycles. The van der Waals surface area contributed by atoms with Crippen molar-refractivity contribution in [2.75, 3.05) is 13.7 Å². The number of benzene rings is 1. The average molecular weight is 312 g/mol. The van der Waals surface area contributed by atoms with Gasteiger partial charge in [0.1, 0.15) is 5.75 Å². The Labute approximate surface area is 128 Å². The monoisotopic (exact) mass is 311 g/mol. The molecule has 2 rings (SSSR count). The van der Waals surface area contributed by atoms with Crippen LogP contribution in [0.2, 0.25) is 5.02 Å². The minimum Gasteiger partial charge on any atom is -0.496 e. The van der Waals surface area contributed by atoms with Crippen LogP contribution in [-0.2, 0) is 4.79 Å². The summed E-state index contributed by atoms with van der Waals surface area (Å²) in [4.78, 5) is 23.3. The molecule has 0 aromatic heterocycles. The third-order valence-corrected chi connectivity index (χ3v) is 4.14. The lowest BCUT2D eigenvalue weighted by molar-refractivity contribution is -0.142. The number of aliphatic carboxylic acids is 1. The smallest absolute Gasteiger partial charge is 0.306 e. The Morgan fingerprint density at radius 1 is 1.43 bits per heavy atom. The van der Waals surface area contributed by atoms with Gasteiger partial charge in [-0.1, -0.05) is 18.0 Å². The van der Waals surface area contributed by atoms with Gasteiger partial charge in [-0.05, 0) is 37.0 Å². The van der Waals surface area contributed by atoms with Gasteiger partial charge in [0.15, 0.2) is 0 Å². The Hall–Kier alpha value is -1.75. The summed E-state index contributed by atoms with van der Waals surface area (Å²) in [5, 5.41) is 12.4. The Bertz CT molecular complexity index is 546. The highest BCUT2D eigenvalue weighted by molar-refractivity contribution is 6.31. The van der Waals surface area contributed by atoms with E-state index in [4.69, 9.17) is 21.4 Å². The van der Waals surface area contributed by atoms with Crippen LogP contribution in [0.1, 0.15) is 29.6 Å². The third-order valence-electron chi connectivity index (χ3n) is 3.91. The van der Waals surface area contributed by atoms with Crippen molar-refractivity contribution >= 4 is 23.5 Å². The number of carboxylic acid groups (broad SMARTS) is 1. The zero-order chi connectivity index (χ0) is 15.4. The Balaban J connectivity index is 2.02. The second kappa shape index (κ2) is 6.80. The average Bonchev–Trinajstić information content (AvgIpc) is 2.93. The number of rotatable bonds is 5. The number of halogens is 1. The maximum Gasteiger partial charge on any atom is 0.306 e. The largest absolute Gasteiger partial charge is 0.496 e. The molecule has 5 nitrogen and oxygen atoms in total. The molecule has 1 fully saturated rings. The molecule has 114 valence electrons. The van der Waals surface area contributed by atoms with Crippen LogP contribution in [-0.4, -0.2) is 30.6 Å². The minimum absolute atomic E-state index is 0.0170. The van der Waals surface area contributed by atoms with Gasteiger partial charge in [0.2, 0.25) is 0 Å². The molecule has 0 radical (unpaired) electrons. The third kappa shape index (κ3) is 3.67. The quantitative estimate of drug-likeness (QED) is 0.876. The molecule has 0 spiro atoms. The van der Waals surface area contributed by atoms with E-state index < -0.39 is 5.97 Å². The van der Waals surface area contributed by atoms with Crippen LogP contribution in [0, 0.1) is 11.8 Å². The minimum atomic E-state index is -0.785. The Morgan fingerprint density at radius 2 is 2.19 bits per heavy atom. The van der Waals surface area contributed by atoms with Crippen LogP contribution in [0.5, 0.6) is 5.75 Å². The van der Waals surface area contributed by atoms with Gasteiger partial charge in [-0.15, -0.1) is 0 Å².